The zero-order valence-corrected chi connectivity index (χ0v) is 12.5. The van der Waals surface area contributed by atoms with Crippen LogP contribution in [0, 0.1) is 5.82 Å². The number of rotatable bonds is 5. The normalized spacial score (nSPS) is 11.4. The molecule has 0 aromatic heterocycles. The van der Waals surface area contributed by atoms with E-state index in [0.717, 1.165) is 17.5 Å². The average Bonchev–Trinajstić information content (AvgIpc) is 2.45. The Morgan fingerprint density at radius 1 is 1.14 bits per heavy atom. The molecule has 0 aliphatic rings. The molecule has 0 radical (unpaired) electrons. The highest BCUT2D eigenvalue weighted by Gasteiger charge is 2.07. The maximum Gasteiger partial charge on any atom is 0.175 e. The number of sulfone groups is 1. The summed E-state index contributed by atoms with van der Waals surface area (Å²) in [5.74, 6) is -0.307. The minimum atomic E-state index is -3.20. The van der Waals surface area contributed by atoms with Gasteiger partial charge in [0, 0.05) is 30.6 Å². The van der Waals surface area contributed by atoms with E-state index in [1.165, 1.54) is 18.2 Å². The Bertz CT molecular complexity index is 728. The Morgan fingerprint density at radius 2 is 1.81 bits per heavy atom. The molecule has 0 saturated carbocycles. The second kappa shape index (κ2) is 6.24. The standard InChI is InChI=1S/C15H17FN2O2S/c1-21(19,20)14-6-4-13(5-7-14)18-10-12-3-2-11(9-17)8-15(12)16/h2-8,18H,9-10,17H2,1H3. The van der Waals surface area contributed by atoms with E-state index in [2.05, 4.69) is 5.32 Å². The van der Waals surface area contributed by atoms with Gasteiger partial charge in [-0.05, 0) is 35.9 Å². The van der Waals surface area contributed by atoms with Gasteiger partial charge in [-0.15, -0.1) is 0 Å². The quantitative estimate of drug-likeness (QED) is 0.889. The Balaban J connectivity index is 2.06. The predicted molar refractivity (Wildman–Crippen MR) is 81.2 cm³/mol. The van der Waals surface area contributed by atoms with Crippen LogP contribution in [-0.4, -0.2) is 14.7 Å². The van der Waals surface area contributed by atoms with Gasteiger partial charge in [0.15, 0.2) is 9.84 Å². The molecule has 0 heterocycles. The van der Waals surface area contributed by atoms with Crippen LogP contribution in [-0.2, 0) is 22.9 Å². The molecule has 112 valence electrons. The summed E-state index contributed by atoms with van der Waals surface area (Å²) in [5, 5.41) is 3.05. The first-order valence-corrected chi connectivity index (χ1v) is 8.30. The third kappa shape index (κ3) is 4.03. The van der Waals surface area contributed by atoms with Crippen molar-refractivity contribution in [2.24, 2.45) is 5.73 Å². The van der Waals surface area contributed by atoms with Crippen molar-refractivity contribution < 1.29 is 12.8 Å². The highest BCUT2D eigenvalue weighted by Crippen LogP contribution is 2.16. The van der Waals surface area contributed by atoms with Crippen LogP contribution in [0.5, 0.6) is 0 Å². The van der Waals surface area contributed by atoms with Crippen molar-refractivity contribution in [1.82, 2.24) is 0 Å². The molecular formula is C15H17FN2O2S. The van der Waals surface area contributed by atoms with E-state index in [-0.39, 0.29) is 10.7 Å². The Morgan fingerprint density at radius 3 is 2.33 bits per heavy atom. The lowest BCUT2D eigenvalue weighted by atomic mass is 10.1. The summed E-state index contributed by atoms with van der Waals surface area (Å²) in [6, 6.07) is 11.2. The summed E-state index contributed by atoms with van der Waals surface area (Å²) in [6.45, 7) is 0.618. The molecule has 4 nitrogen and oxygen atoms in total. The monoisotopic (exact) mass is 308 g/mol. The zero-order chi connectivity index (χ0) is 15.5. The highest BCUT2D eigenvalue weighted by molar-refractivity contribution is 7.90. The van der Waals surface area contributed by atoms with Gasteiger partial charge in [-0.2, -0.15) is 0 Å². The first-order chi connectivity index (χ1) is 9.90. The summed E-state index contributed by atoms with van der Waals surface area (Å²) in [5.41, 5.74) is 7.45. The van der Waals surface area contributed by atoms with Crippen LogP contribution in [0.25, 0.3) is 0 Å². The topological polar surface area (TPSA) is 72.2 Å². The molecule has 0 unspecified atom stereocenters. The lowest BCUT2D eigenvalue weighted by Crippen LogP contribution is -2.04. The van der Waals surface area contributed by atoms with Gasteiger partial charge in [0.2, 0.25) is 0 Å². The molecule has 2 aromatic rings. The van der Waals surface area contributed by atoms with Crippen molar-refractivity contribution in [3.8, 4) is 0 Å². The molecule has 2 rings (SSSR count). The van der Waals surface area contributed by atoms with E-state index >= 15 is 0 Å². The summed E-state index contributed by atoms with van der Waals surface area (Å²) >= 11 is 0. The average molecular weight is 308 g/mol. The molecule has 0 aliphatic carbocycles. The van der Waals surface area contributed by atoms with E-state index in [9.17, 15) is 12.8 Å². The van der Waals surface area contributed by atoms with Crippen LogP contribution in [0.15, 0.2) is 47.4 Å². The first kappa shape index (κ1) is 15.5. The SMILES string of the molecule is CS(=O)(=O)c1ccc(NCc2ccc(CN)cc2F)cc1. The minimum Gasteiger partial charge on any atom is -0.381 e. The highest BCUT2D eigenvalue weighted by atomic mass is 32.2. The van der Waals surface area contributed by atoms with Crippen molar-refractivity contribution >= 4 is 15.5 Å². The Labute approximate surface area is 123 Å². The molecule has 0 spiro atoms. The van der Waals surface area contributed by atoms with Crippen LogP contribution in [0.4, 0.5) is 10.1 Å². The maximum atomic E-state index is 13.8. The molecule has 0 atom stereocenters. The summed E-state index contributed by atoms with van der Waals surface area (Å²) in [7, 11) is -3.20. The number of benzene rings is 2. The summed E-state index contributed by atoms with van der Waals surface area (Å²) < 4.78 is 36.5. The smallest absolute Gasteiger partial charge is 0.175 e. The summed E-state index contributed by atoms with van der Waals surface area (Å²) in [6.07, 6.45) is 1.16. The van der Waals surface area contributed by atoms with Crippen LogP contribution < -0.4 is 11.1 Å². The van der Waals surface area contributed by atoms with E-state index in [1.807, 2.05) is 0 Å². The molecule has 0 bridgehead atoms. The second-order valence-electron chi connectivity index (χ2n) is 4.78. The third-order valence-corrected chi connectivity index (χ3v) is 4.25. The van der Waals surface area contributed by atoms with Gasteiger partial charge in [0.1, 0.15) is 5.82 Å². The number of hydrogen-bond donors (Lipinski definition) is 2. The predicted octanol–water partition coefficient (Wildman–Crippen LogP) is 2.30. The number of halogens is 1. The summed E-state index contributed by atoms with van der Waals surface area (Å²) in [4.78, 5) is 0.256. The number of hydrogen-bond acceptors (Lipinski definition) is 4. The maximum absolute atomic E-state index is 13.8. The van der Waals surface area contributed by atoms with E-state index < -0.39 is 9.84 Å². The van der Waals surface area contributed by atoms with E-state index in [4.69, 9.17) is 5.73 Å². The number of nitrogens with two attached hydrogens (primary N) is 1. The Kier molecular flexibility index (Phi) is 4.59. The fourth-order valence-corrected chi connectivity index (χ4v) is 2.51. The van der Waals surface area contributed by atoms with Crippen molar-refractivity contribution in [3.63, 3.8) is 0 Å². The Hall–Kier alpha value is -1.92. The lowest BCUT2D eigenvalue weighted by Gasteiger charge is -2.09. The van der Waals surface area contributed by atoms with Crippen molar-refractivity contribution in [3.05, 3.63) is 59.4 Å². The van der Waals surface area contributed by atoms with Gasteiger partial charge in [0.05, 0.1) is 4.90 Å². The van der Waals surface area contributed by atoms with Gasteiger partial charge < -0.3 is 11.1 Å². The van der Waals surface area contributed by atoms with Gasteiger partial charge in [-0.1, -0.05) is 12.1 Å². The molecule has 0 amide bonds. The van der Waals surface area contributed by atoms with Crippen molar-refractivity contribution in [2.45, 2.75) is 18.0 Å². The van der Waals surface area contributed by atoms with Gasteiger partial charge in [0.25, 0.3) is 0 Å². The fourth-order valence-electron chi connectivity index (χ4n) is 1.88. The van der Waals surface area contributed by atoms with Crippen LogP contribution in [0.2, 0.25) is 0 Å². The molecule has 6 heteroatoms. The molecule has 21 heavy (non-hydrogen) atoms. The van der Waals surface area contributed by atoms with Crippen LogP contribution >= 0.6 is 0 Å². The van der Waals surface area contributed by atoms with Gasteiger partial charge in [-0.25, -0.2) is 12.8 Å². The van der Waals surface area contributed by atoms with E-state index in [1.54, 1.807) is 24.3 Å². The zero-order valence-electron chi connectivity index (χ0n) is 11.6. The largest absolute Gasteiger partial charge is 0.381 e. The molecule has 0 fully saturated rings. The second-order valence-corrected chi connectivity index (χ2v) is 6.80. The third-order valence-electron chi connectivity index (χ3n) is 3.12. The van der Waals surface area contributed by atoms with Crippen LogP contribution in [0.1, 0.15) is 11.1 Å². The van der Waals surface area contributed by atoms with E-state index in [0.29, 0.717) is 18.7 Å². The molecule has 0 saturated heterocycles. The fraction of sp³-hybridized carbons (Fsp3) is 0.200. The minimum absolute atomic E-state index is 0.256. The molecule has 0 aliphatic heterocycles. The van der Waals surface area contributed by atoms with Crippen molar-refractivity contribution in [2.75, 3.05) is 11.6 Å². The van der Waals surface area contributed by atoms with Gasteiger partial charge >= 0.3 is 0 Å². The van der Waals surface area contributed by atoms with Crippen molar-refractivity contribution in [1.29, 1.82) is 0 Å². The molecular weight excluding hydrogens is 291 g/mol. The number of nitrogens with one attached hydrogen (secondary N) is 1. The van der Waals surface area contributed by atoms with Crippen LogP contribution in [0.3, 0.4) is 0 Å². The molecule has 2 aromatic carbocycles. The lowest BCUT2D eigenvalue weighted by molar-refractivity contribution is 0.602. The molecule has 3 N–H and O–H groups in total. The first-order valence-electron chi connectivity index (χ1n) is 6.41. The van der Waals surface area contributed by atoms with Gasteiger partial charge in [-0.3, -0.25) is 0 Å². The number of anilines is 1.